The molecule has 0 saturated carbocycles. The number of carbonyl (C=O) groups is 1. The lowest BCUT2D eigenvalue weighted by atomic mass is 10.4. The van der Waals surface area contributed by atoms with Crippen LogP contribution in [0.15, 0.2) is 12.4 Å². The number of aromatic carboxylic acids is 1. The molecule has 1 aromatic heterocycles. The van der Waals surface area contributed by atoms with Crippen LogP contribution < -0.4 is 0 Å². The summed E-state index contributed by atoms with van der Waals surface area (Å²) in [4.78, 5) is 17.3. The van der Waals surface area contributed by atoms with Crippen molar-refractivity contribution in [2.24, 2.45) is 0 Å². The molecule has 1 rings (SSSR count). The van der Waals surface area contributed by atoms with E-state index in [2.05, 4.69) is 9.97 Å². The summed E-state index contributed by atoms with van der Waals surface area (Å²) >= 11 is 0. The van der Waals surface area contributed by atoms with Gasteiger partial charge >= 0.3 is 5.97 Å². The van der Waals surface area contributed by atoms with Crippen molar-refractivity contribution in [3.63, 3.8) is 0 Å². The van der Waals surface area contributed by atoms with Crippen LogP contribution in [0.1, 0.15) is 20.3 Å². The van der Waals surface area contributed by atoms with Gasteiger partial charge in [-0.15, -0.1) is 0 Å². The topological polar surface area (TPSA) is 63.1 Å². The molecular formula is C6H6N2O2. The normalized spacial score (nSPS) is 15.0. The average Bonchev–Trinajstić information content (AvgIpc) is 2.03. The minimum Gasteiger partial charge on any atom is -0.476 e. The third-order valence-electron chi connectivity index (χ3n) is 0.854. The van der Waals surface area contributed by atoms with Crippen molar-refractivity contribution in [2.45, 2.75) is 6.85 Å². The first-order chi connectivity index (χ1) is 5.91. The summed E-state index contributed by atoms with van der Waals surface area (Å²) in [5, 5.41) is 8.49. The summed E-state index contributed by atoms with van der Waals surface area (Å²) in [5.74, 6) is -1.29. The van der Waals surface area contributed by atoms with Crippen LogP contribution in [0.5, 0.6) is 0 Å². The van der Waals surface area contributed by atoms with Crippen LogP contribution in [0.3, 0.4) is 0 Å². The fraction of sp³-hybridized carbons (Fsp3) is 0.167. The van der Waals surface area contributed by atoms with Crippen LogP contribution in [0.25, 0.3) is 0 Å². The Labute approximate surface area is 61.8 Å². The number of rotatable bonds is 1. The van der Waals surface area contributed by atoms with Gasteiger partial charge in [0.15, 0.2) is 5.69 Å². The largest absolute Gasteiger partial charge is 0.476 e. The van der Waals surface area contributed by atoms with Gasteiger partial charge in [0.2, 0.25) is 0 Å². The van der Waals surface area contributed by atoms with Gasteiger partial charge in [0.05, 0.1) is 11.9 Å². The smallest absolute Gasteiger partial charge is 0.356 e. The van der Waals surface area contributed by atoms with Gasteiger partial charge in [0.1, 0.15) is 0 Å². The van der Waals surface area contributed by atoms with E-state index in [4.69, 9.17) is 9.22 Å². The molecule has 10 heavy (non-hydrogen) atoms. The summed E-state index contributed by atoms with van der Waals surface area (Å²) < 4.78 is 20.8. The molecule has 0 fully saturated rings. The third kappa shape index (κ3) is 1.28. The quantitative estimate of drug-likeness (QED) is 0.618. The van der Waals surface area contributed by atoms with E-state index in [1.165, 1.54) is 0 Å². The van der Waals surface area contributed by atoms with E-state index in [-0.39, 0.29) is 11.4 Å². The van der Waals surface area contributed by atoms with Crippen molar-refractivity contribution in [3.05, 3.63) is 23.8 Å². The van der Waals surface area contributed by atoms with E-state index in [1.54, 1.807) is 0 Å². The highest BCUT2D eigenvalue weighted by atomic mass is 16.4. The zero-order valence-corrected chi connectivity index (χ0v) is 4.90. The second kappa shape index (κ2) is 2.43. The Hall–Kier alpha value is -1.45. The minimum absolute atomic E-state index is 0.313. The Balaban J connectivity index is 3.13. The maximum absolute atomic E-state index is 10.4. The number of hydrogen-bond donors (Lipinski definition) is 1. The molecule has 1 N–H and O–H groups in total. The van der Waals surface area contributed by atoms with Crippen LogP contribution in [0.4, 0.5) is 0 Å². The first-order valence-corrected chi connectivity index (χ1v) is 2.47. The predicted molar refractivity (Wildman–Crippen MR) is 33.7 cm³/mol. The van der Waals surface area contributed by atoms with E-state index in [1.807, 2.05) is 0 Å². The molecule has 0 amide bonds. The first-order valence-electron chi connectivity index (χ1n) is 3.97. The number of carboxylic acid groups (broad SMARTS) is 1. The molecule has 0 aliphatic rings. The Bertz CT molecular complexity index is 337. The van der Waals surface area contributed by atoms with Crippen molar-refractivity contribution in [2.75, 3.05) is 0 Å². The molecule has 0 aliphatic heterocycles. The second-order valence-corrected chi connectivity index (χ2v) is 1.59. The lowest BCUT2D eigenvalue weighted by Crippen LogP contribution is -2.01. The zero-order valence-electron chi connectivity index (χ0n) is 7.90. The Morgan fingerprint density at radius 3 is 3.20 bits per heavy atom. The number of nitrogens with zero attached hydrogens (tertiary/aromatic N) is 2. The number of aromatic nitrogens is 2. The summed E-state index contributed by atoms with van der Waals surface area (Å²) in [6.45, 7) is -2.42. The molecule has 0 spiro atoms. The fourth-order valence-corrected chi connectivity index (χ4v) is 0.469. The zero-order chi connectivity index (χ0) is 10.1. The van der Waals surface area contributed by atoms with E-state index < -0.39 is 12.8 Å². The maximum Gasteiger partial charge on any atom is 0.356 e. The molecule has 0 radical (unpaired) electrons. The lowest BCUT2D eigenvalue weighted by molar-refractivity contribution is 0.0689. The van der Waals surface area contributed by atoms with E-state index in [0.717, 1.165) is 12.4 Å². The molecule has 0 unspecified atom stereocenters. The highest BCUT2D eigenvalue weighted by Gasteiger charge is 2.02. The Morgan fingerprint density at radius 1 is 1.80 bits per heavy atom. The van der Waals surface area contributed by atoms with Crippen molar-refractivity contribution in [3.8, 4) is 0 Å². The van der Waals surface area contributed by atoms with Gasteiger partial charge in [-0.05, 0) is 6.85 Å². The standard InChI is InChI=1S/C6H6N2O2/c1-4-2-7-3-5(8-4)6(9)10/h2-3H,1H3,(H,9,10)/i1D3. The molecule has 1 aromatic rings. The van der Waals surface area contributed by atoms with Crippen molar-refractivity contribution < 1.29 is 14.0 Å². The molecule has 0 bridgehead atoms. The molecule has 1 heterocycles. The lowest BCUT2D eigenvalue weighted by Gasteiger charge is -1.92. The van der Waals surface area contributed by atoms with Crippen LogP contribution >= 0.6 is 0 Å². The first kappa shape index (κ1) is 3.65. The van der Waals surface area contributed by atoms with E-state index >= 15 is 0 Å². The monoisotopic (exact) mass is 141 g/mol. The molecule has 0 saturated heterocycles. The van der Waals surface area contributed by atoms with E-state index in [9.17, 15) is 4.79 Å². The molecule has 0 aromatic carbocycles. The van der Waals surface area contributed by atoms with Gasteiger partial charge in [-0.3, -0.25) is 4.98 Å². The molecule has 52 valence electrons. The van der Waals surface area contributed by atoms with Gasteiger partial charge in [0.25, 0.3) is 0 Å². The maximum atomic E-state index is 10.4. The summed E-state index contributed by atoms with van der Waals surface area (Å²) in [7, 11) is 0. The van der Waals surface area contributed by atoms with Gasteiger partial charge < -0.3 is 5.11 Å². The molecule has 0 aliphatic carbocycles. The summed E-state index contributed by atoms with van der Waals surface area (Å²) in [5.41, 5.74) is -0.680. The number of carboxylic acids is 1. The summed E-state index contributed by atoms with van der Waals surface area (Å²) in [6, 6.07) is 0. The Kier molecular flexibility index (Phi) is 0.887. The number of hydrogen-bond acceptors (Lipinski definition) is 3. The summed E-state index contributed by atoms with van der Waals surface area (Å²) in [6.07, 6.45) is 2.02. The average molecular weight is 141 g/mol. The highest BCUT2D eigenvalue weighted by Crippen LogP contribution is 1.93. The fourth-order valence-electron chi connectivity index (χ4n) is 0.469. The predicted octanol–water partition coefficient (Wildman–Crippen LogP) is 0.483. The van der Waals surface area contributed by atoms with Gasteiger partial charge in [-0.1, -0.05) is 0 Å². The number of aryl methyl sites for hydroxylation is 1. The van der Waals surface area contributed by atoms with Gasteiger partial charge in [-0.2, -0.15) is 0 Å². The third-order valence-corrected chi connectivity index (χ3v) is 0.854. The van der Waals surface area contributed by atoms with E-state index in [0.29, 0.717) is 0 Å². The van der Waals surface area contributed by atoms with Crippen LogP contribution in [-0.4, -0.2) is 21.0 Å². The van der Waals surface area contributed by atoms with Crippen LogP contribution in [0, 0.1) is 6.85 Å². The van der Waals surface area contributed by atoms with Crippen molar-refractivity contribution in [1.29, 1.82) is 0 Å². The SMILES string of the molecule is [2H]C([2H])([2H])c1cncc(C(=O)O)n1. The van der Waals surface area contributed by atoms with Crippen LogP contribution in [0.2, 0.25) is 0 Å². The second-order valence-electron chi connectivity index (χ2n) is 1.59. The van der Waals surface area contributed by atoms with Crippen molar-refractivity contribution >= 4 is 5.97 Å². The van der Waals surface area contributed by atoms with Crippen LogP contribution in [-0.2, 0) is 0 Å². The van der Waals surface area contributed by atoms with Crippen molar-refractivity contribution in [1.82, 2.24) is 9.97 Å². The van der Waals surface area contributed by atoms with Gasteiger partial charge in [0, 0.05) is 10.3 Å². The molecular weight excluding hydrogens is 132 g/mol. The Morgan fingerprint density at radius 2 is 2.60 bits per heavy atom. The molecule has 4 nitrogen and oxygen atoms in total. The molecule has 0 atom stereocenters. The highest BCUT2D eigenvalue weighted by molar-refractivity contribution is 5.84. The van der Waals surface area contributed by atoms with Gasteiger partial charge in [-0.25, -0.2) is 9.78 Å². The minimum atomic E-state index is -2.42. The molecule has 4 heteroatoms.